The van der Waals surface area contributed by atoms with Crippen molar-refractivity contribution in [3.05, 3.63) is 102 Å². The molecule has 11 heteroatoms. The molecule has 1 heterocycles. The first-order valence-corrected chi connectivity index (χ1v) is 12.7. The number of hydrogen-bond donors (Lipinski definition) is 0. The van der Waals surface area contributed by atoms with Crippen molar-refractivity contribution in [2.24, 2.45) is 0 Å². The highest BCUT2D eigenvalue weighted by molar-refractivity contribution is 8.18. The van der Waals surface area contributed by atoms with E-state index in [4.69, 9.17) is 32.7 Å². The largest absolute Gasteiger partial charge is 0.490 e. The van der Waals surface area contributed by atoms with E-state index in [-0.39, 0.29) is 23.7 Å². The Labute approximate surface area is 226 Å². The van der Waals surface area contributed by atoms with Crippen LogP contribution in [0.4, 0.5) is 10.5 Å². The van der Waals surface area contributed by atoms with Crippen LogP contribution >= 0.6 is 35.0 Å². The minimum absolute atomic E-state index is 0.0277. The van der Waals surface area contributed by atoms with E-state index in [0.29, 0.717) is 44.8 Å². The van der Waals surface area contributed by atoms with Gasteiger partial charge in [0.15, 0.2) is 11.5 Å². The first-order valence-electron chi connectivity index (χ1n) is 11.1. The van der Waals surface area contributed by atoms with Gasteiger partial charge in [0.2, 0.25) is 0 Å². The summed E-state index contributed by atoms with van der Waals surface area (Å²) in [5.74, 6) is 0.330. The Morgan fingerprint density at radius 2 is 1.73 bits per heavy atom. The summed E-state index contributed by atoms with van der Waals surface area (Å²) in [6, 6.07) is 16.3. The molecule has 8 nitrogen and oxygen atoms in total. The lowest BCUT2D eigenvalue weighted by molar-refractivity contribution is -0.385. The van der Waals surface area contributed by atoms with Crippen LogP contribution in [0.25, 0.3) is 6.08 Å². The molecule has 0 spiro atoms. The summed E-state index contributed by atoms with van der Waals surface area (Å²) < 4.78 is 11.5. The second-order valence-electron chi connectivity index (χ2n) is 7.78. The number of carbonyl (C=O) groups is 2. The van der Waals surface area contributed by atoms with Gasteiger partial charge in [-0.15, -0.1) is 0 Å². The van der Waals surface area contributed by atoms with Crippen LogP contribution in [-0.4, -0.2) is 27.6 Å². The highest BCUT2D eigenvalue weighted by atomic mass is 35.5. The number of para-hydroxylation sites is 1. The van der Waals surface area contributed by atoms with E-state index in [1.165, 1.54) is 6.07 Å². The van der Waals surface area contributed by atoms with Gasteiger partial charge < -0.3 is 9.47 Å². The molecule has 0 radical (unpaired) electrons. The number of rotatable bonds is 9. The second-order valence-corrected chi connectivity index (χ2v) is 9.59. The molecule has 0 bridgehead atoms. The van der Waals surface area contributed by atoms with Gasteiger partial charge in [-0.1, -0.05) is 47.5 Å². The number of nitro groups is 1. The van der Waals surface area contributed by atoms with Crippen LogP contribution in [0, 0.1) is 10.1 Å². The molecular weight excluding hydrogens is 539 g/mol. The van der Waals surface area contributed by atoms with E-state index in [9.17, 15) is 19.7 Å². The molecule has 0 N–H and O–H groups in total. The van der Waals surface area contributed by atoms with E-state index < -0.39 is 16.1 Å². The SMILES string of the molecule is CCOc1cc(/C=C2/SC(=O)N(Cc3c(Cl)cccc3Cl)C2=O)ccc1OCc1ccccc1[N+](=O)[O-]. The van der Waals surface area contributed by atoms with Crippen molar-refractivity contribution < 1.29 is 24.0 Å². The summed E-state index contributed by atoms with van der Waals surface area (Å²) in [6.07, 6.45) is 1.59. The van der Waals surface area contributed by atoms with Crippen molar-refractivity contribution in [3.8, 4) is 11.5 Å². The third-order valence-corrected chi connectivity index (χ3v) is 7.00. The fourth-order valence-electron chi connectivity index (χ4n) is 3.60. The number of ether oxygens (including phenoxy) is 2. The predicted octanol–water partition coefficient (Wildman–Crippen LogP) is 7.12. The van der Waals surface area contributed by atoms with Crippen LogP contribution in [0.1, 0.15) is 23.6 Å². The Bertz CT molecular complexity index is 1390. The fraction of sp³-hybridized carbons (Fsp3) is 0.154. The number of carbonyl (C=O) groups excluding carboxylic acids is 2. The summed E-state index contributed by atoms with van der Waals surface area (Å²) in [5.41, 5.74) is 1.49. The Kier molecular flexibility index (Phi) is 8.38. The van der Waals surface area contributed by atoms with Gasteiger partial charge in [0.25, 0.3) is 16.8 Å². The van der Waals surface area contributed by atoms with E-state index >= 15 is 0 Å². The van der Waals surface area contributed by atoms with Crippen LogP contribution in [0.5, 0.6) is 11.5 Å². The number of amides is 2. The highest BCUT2D eigenvalue weighted by Crippen LogP contribution is 2.37. The molecule has 1 fully saturated rings. The zero-order chi connectivity index (χ0) is 26.5. The Hall–Kier alpha value is -3.53. The molecule has 0 unspecified atom stereocenters. The van der Waals surface area contributed by atoms with Crippen molar-refractivity contribution in [2.45, 2.75) is 20.1 Å². The first-order chi connectivity index (χ1) is 17.8. The zero-order valence-corrected chi connectivity index (χ0v) is 21.8. The van der Waals surface area contributed by atoms with Crippen molar-refractivity contribution in [2.75, 3.05) is 6.61 Å². The van der Waals surface area contributed by atoms with Gasteiger partial charge in [-0.2, -0.15) is 0 Å². The summed E-state index contributed by atoms with van der Waals surface area (Å²) in [5, 5.41) is 11.6. The quantitative estimate of drug-likeness (QED) is 0.156. The normalized spacial score (nSPS) is 14.4. The third kappa shape index (κ3) is 6.07. The molecule has 37 heavy (non-hydrogen) atoms. The molecule has 0 atom stereocenters. The zero-order valence-electron chi connectivity index (χ0n) is 19.5. The summed E-state index contributed by atoms with van der Waals surface area (Å²) in [4.78, 5) is 37.7. The fourth-order valence-corrected chi connectivity index (χ4v) is 4.95. The number of halogens is 2. The minimum Gasteiger partial charge on any atom is -0.490 e. The molecule has 190 valence electrons. The van der Waals surface area contributed by atoms with Crippen molar-refractivity contribution in [3.63, 3.8) is 0 Å². The predicted molar refractivity (Wildman–Crippen MR) is 143 cm³/mol. The van der Waals surface area contributed by atoms with Gasteiger partial charge in [-0.05, 0) is 60.7 Å². The average molecular weight is 559 g/mol. The van der Waals surface area contributed by atoms with E-state index in [1.54, 1.807) is 60.7 Å². The lowest BCUT2D eigenvalue weighted by Gasteiger charge is -2.15. The number of benzene rings is 3. The lowest BCUT2D eigenvalue weighted by atomic mass is 10.1. The summed E-state index contributed by atoms with van der Waals surface area (Å²) in [7, 11) is 0. The third-order valence-electron chi connectivity index (χ3n) is 5.39. The molecule has 2 amide bonds. The number of hydrogen-bond acceptors (Lipinski definition) is 7. The Balaban J connectivity index is 1.54. The standard InChI is InChI=1S/C26H20Cl2N2O6S/c1-2-35-23-12-16(10-11-22(23)36-15-17-6-3-4-9-21(17)30(33)34)13-24-25(31)29(26(32)37-24)14-18-19(27)7-5-8-20(18)28/h3-13H,2,14-15H2,1H3/b24-13+. The number of nitro benzene ring substituents is 1. The maximum Gasteiger partial charge on any atom is 0.293 e. The Morgan fingerprint density at radius 3 is 2.43 bits per heavy atom. The molecule has 3 aromatic carbocycles. The van der Waals surface area contributed by atoms with Gasteiger partial charge in [0.1, 0.15) is 6.61 Å². The second kappa shape index (κ2) is 11.7. The average Bonchev–Trinajstić information content (AvgIpc) is 3.13. The molecule has 1 aliphatic heterocycles. The molecule has 1 aliphatic rings. The topological polar surface area (TPSA) is 99.0 Å². The molecule has 0 saturated carbocycles. The lowest BCUT2D eigenvalue weighted by Crippen LogP contribution is -2.27. The Morgan fingerprint density at radius 1 is 1.00 bits per heavy atom. The monoisotopic (exact) mass is 558 g/mol. The first kappa shape index (κ1) is 26.5. The van der Waals surface area contributed by atoms with Gasteiger partial charge in [0, 0.05) is 21.7 Å². The summed E-state index contributed by atoms with van der Waals surface area (Å²) in [6.45, 7) is 2.09. The van der Waals surface area contributed by atoms with Gasteiger partial charge in [-0.25, -0.2) is 0 Å². The minimum atomic E-state index is -0.460. The van der Waals surface area contributed by atoms with Crippen LogP contribution in [0.3, 0.4) is 0 Å². The number of imide groups is 1. The molecule has 0 aliphatic carbocycles. The molecule has 4 rings (SSSR count). The molecular formula is C26H20Cl2N2O6S. The highest BCUT2D eigenvalue weighted by Gasteiger charge is 2.35. The van der Waals surface area contributed by atoms with E-state index in [1.807, 2.05) is 6.92 Å². The maximum absolute atomic E-state index is 13.0. The maximum atomic E-state index is 13.0. The van der Waals surface area contributed by atoms with Gasteiger partial charge in [-0.3, -0.25) is 24.6 Å². The van der Waals surface area contributed by atoms with Crippen LogP contribution in [-0.2, 0) is 17.9 Å². The number of nitrogens with zero attached hydrogens (tertiary/aromatic N) is 2. The van der Waals surface area contributed by atoms with Crippen molar-refractivity contribution >= 4 is 57.9 Å². The van der Waals surface area contributed by atoms with Crippen molar-refractivity contribution in [1.29, 1.82) is 0 Å². The van der Waals surface area contributed by atoms with E-state index in [2.05, 4.69) is 0 Å². The molecule has 1 saturated heterocycles. The van der Waals surface area contributed by atoms with Gasteiger partial charge in [0.05, 0.1) is 28.5 Å². The molecule has 0 aromatic heterocycles. The van der Waals surface area contributed by atoms with Crippen LogP contribution in [0.15, 0.2) is 65.6 Å². The number of thioether (sulfide) groups is 1. The molecule has 3 aromatic rings. The van der Waals surface area contributed by atoms with Gasteiger partial charge >= 0.3 is 0 Å². The van der Waals surface area contributed by atoms with Crippen LogP contribution < -0.4 is 9.47 Å². The van der Waals surface area contributed by atoms with Crippen molar-refractivity contribution in [1.82, 2.24) is 4.90 Å². The van der Waals surface area contributed by atoms with E-state index in [0.717, 1.165) is 16.7 Å². The smallest absolute Gasteiger partial charge is 0.293 e. The summed E-state index contributed by atoms with van der Waals surface area (Å²) >= 11 is 13.2. The van der Waals surface area contributed by atoms with Crippen LogP contribution in [0.2, 0.25) is 10.0 Å².